The Morgan fingerprint density at radius 1 is 1.29 bits per heavy atom. The molecule has 0 radical (unpaired) electrons. The SMILES string of the molecule is Cc1ccn2cc(C(=O)N3CSC[C@@H]3C(=O)N3CCCC3)nc2c1. The Balaban J connectivity index is 1.58. The number of thioether (sulfide) groups is 1. The van der Waals surface area contributed by atoms with E-state index in [9.17, 15) is 9.59 Å². The lowest BCUT2D eigenvalue weighted by Gasteiger charge is -2.26. The molecule has 0 bridgehead atoms. The highest BCUT2D eigenvalue weighted by molar-refractivity contribution is 7.99. The highest BCUT2D eigenvalue weighted by Crippen LogP contribution is 2.25. The first-order valence-electron chi connectivity index (χ1n) is 8.26. The Labute approximate surface area is 144 Å². The number of hydrogen-bond donors (Lipinski definition) is 0. The molecule has 4 heterocycles. The van der Waals surface area contributed by atoms with Crippen molar-refractivity contribution in [2.45, 2.75) is 25.8 Å². The first-order valence-corrected chi connectivity index (χ1v) is 9.42. The third-order valence-corrected chi connectivity index (χ3v) is 5.69. The van der Waals surface area contributed by atoms with Crippen molar-refractivity contribution in [2.24, 2.45) is 0 Å². The fourth-order valence-corrected chi connectivity index (χ4v) is 4.47. The van der Waals surface area contributed by atoms with Gasteiger partial charge < -0.3 is 14.2 Å². The molecule has 0 aliphatic carbocycles. The van der Waals surface area contributed by atoms with Crippen LogP contribution in [0.5, 0.6) is 0 Å². The number of hydrogen-bond acceptors (Lipinski definition) is 4. The molecular formula is C17H20N4O2S. The average molecular weight is 344 g/mol. The summed E-state index contributed by atoms with van der Waals surface area (Å²) in [5.41, 5.74) is 2.26. The van der Waals surface area contributed by atoms with E-state index in [0.29, 0.717) is 17.3 Å². The van der Waals surface area contributed by atoms with Crippen LogP contribution in [0.1, 0.15) is 28.9 Å². The number of nitrogens with zero attached hydrogens (tertiary/aromatic N) is 4. The third kappa shape index (κ3) is 2.66. The second-order valence-electron chi connectivity index (χ2n) is 6.42. The van der Waals surface area contributed by atoms with Crippen LogP contribution in [0.15, 0.2) is 24.5 Å². The van der Waals surface area contributed by atoms with E-state index >= 15 is 0 Å². The van der Waals surface area contributed by atoms with Gasteiger partial charge in [0.25, 0.3) is 5.91 Å². The molecule has 2 aliphatic heterocycles. The quantitative estimate of drug-likeness (QED) is 0.833. The molecule has 2 amide bonds. The summed E-state index contributed by atoms with van der Waals surface area (Å²) in [7, 11) is 0. The summed E-state index contributed by atoms with van der Waals surface area (Å²) < 4.78 is 1.85. The monoisotopic (exact) mass is 344 g/mol. The molecule has 6 nitrogen and oxygen atoms in total. The lowest BCUT2D eigenvalue weighted by molar-refractivity contribution is -0.133. The Bertz CT molecular complexity index is 797. The van der Waals surface area contributed by atoms with Gasteiger partial charge in [-0.1, -0.05) is 0 Å². The van der Waals surface area contributed by atoms with Crippen molar-refractivity contribution < 1.29 is 9.59 Å². The van der Waals surface area contributed by atoms with Crippen molar-refractivity contribution in [1.29, 1.82) is 0 Å². The molecule has 1 atom stereocenters. The van der Waals surface area contributed by atoms with E-state index in [-0.39, 0.29) is 17.9 Å². The van der Waals surface area contributed by atoms with E-state index in [1.807, 2.05) is 34.6 Å². The topological polar surface area (TPSA) is 57.9 Å². The van der Waals surface area contributed by atoms with Crippen LogP contribution in [0.2, 0.25) is 0 Å². The van der Waals surface area contributed by atoms with Crippen molar-refractivity contribution in [3.8, 4) is 0 Å². The molecule has 7 heteroatoms. The van der Waals surface area contributed by atoms with Crippen LogP contribution in [0.4, 0.5) is 0 Å². The number of aryl methyl sites for hydroxylation is 1. The maximum atomic E-state index is 12.9. The lowest BCUT2D eigenvalue weighted by atomic mass is 10.2. The van der Waals surface area contributed by atoms with Crippen molar-refractivity contribution in [3.05, 3.63) is 35.8 Å². The molecule has 0 spiro atoms. The zero-order valence-corrected chi connectivity index (χ0v) is 14.5. The zero-order valence-electron chi connectivity index (χ0n) is 13.6. The molecule has 24 heavy (non-hydrogen) atoms. The standard InChI is InChI=1S/C17H20N4O2S/c1-12-4-7-20-9-13(18-15(20)8-12)16(22)21-11-24-10-14(21)17(23)19-5-2-3-6-19/h4,7-9,14H,2-3,5-6,10-11H2,1H3/t14-/m1/s1. The van der Waals surface area contributed by atoms with Gasteiger partial charge in [0.2, 0.25) is 5.91 Å². The Morgan fingerprint density at radius 2 is 2.08 bits per heavy atom. The molecule has 4 rings (SSSR count). The highest BCUT2D eigenvalue weighted by atomic mass is 32.2. The Hall–Kier alpha value is -2.02. The number of amides is 2. The molecule has 0 saturated carbocycles. The van der Waals surface area contributed by atoms with Gasteiger partial charge in [-0.25, -0.2) is 4.98 Å². The summed E-state index contributed by atoms with van der Waals surface area (Å²) in [6.07, 6.45) is 5.77. The van der Waals surface area contributed by atoms with E-state index < -0.39 is 0 Å². The average Bonchev–Trinajstić information content (AvgIpc) is 3.31. The van der Waals surface area contributed by atoms with E-state index in [0.717, 1.165) is 37.1 Å². The van der Waals surface area contributed by atoms with E-state index in [1.165, 1.54) is 0 Å². The summed E-state index contributed by atoms with van der Waals surface area (Å²) in [4.78, 5) is 33.6. The van der Waals surface area contributed by atoms with Gasteiger partial charge in [-0.05, 0) is 37.5 Å². The molecule has 2 fully saturated rings. The van der Waals surface area contributed by atoms with Crippen molar-refractivity contribution in [1.82, 2.24) is 19.2 Å². The smallest absolute Gasteiger partial charge is 0.275 e. The number of carbonyl (C=O) groups excluding carboxylic acids is 2. The molecule has 0 aromatic carbocycles. The second kappa shape index (κ2) is 6.12. The van der Waals surface area contributed by atoms with Gasteiger partial charge in [-0.2, -0.15) is 0 Å². The number of fused-ring (bicyclic) bond motifs is 1. The number of likely N-dealkylation sites (tertiary alicyclic amines) is 1. The Kier molecular flexibility index (Phi) is 3.96. The minimum Gasteiger partial charge on any atom is -0.341 e. The lowest BCUT2D eigenvalue weighted by Crippen LogP contribution is -2.48. The van der Waals surface area contributed by atoms with Gasteiger partial charge in [0.1, 0.15) is 17.4 Å². The maximum absolute atomic E-state index is 12.9. The van der Waals surface area contributed by atoms with E-state index in [2.05, 4.69) is 4.98 Å². The summed E-state index contributed by atoms with van der Waals surface area (Å²) in [6, 6.07) is 3.57. The van der Waals surface area contributed by atoms with Crippen LogP contribution in [-0.2, 0) is 4.79 Å². The predicted octanol–water partition coefficient (Wildman–Crippen LogP) is 1.78. The molecule has 2 aromatic heterocycles. The molecule has 2 aromatic rings. The van der Waals surface area contributed by atoms with Crippen molar-refractivity contribution in [2.75, 3.05) is 24.7 Å². The van der Waals surface area contributed by atoms with Crippen LogP contribution in [0, 0.1) is 6.92 Å². The largest absolute Gasteiger partial charge is 0.341 e. The fraction of sp³-hybridized carbons (Fsp3) is 0.471. The van der Waals surface area contributed by atoms with Crippen LogP contribution in [0.3, 0.4) is 0 Å². The van der Waals surface area contributed by atoms with Crippen LogP contribution >= 0.6 is 11.8 Å². The number of rotatable bonds is 2. The predicted molar refractivity (Wildman–Crippen MR) is 93.0 cm³/mol. The van der Waals surface area contributed by atoms with Crippen LogP contribution < -0.4 is 0 Å². The molecule has 0 unspecified atom stereocenters. The molecular weight excluding hydrogens is 324 g/mol. The minimum absolute atomic E-state index is 0.0884. The van der Waals surface area contributed by atoms with Crippen LogP contribution in [0.25, 0.3) is 5.65 Å². The molecule has 126 valence electrons. The van der Waals surface area contributed by atoms with Gasteiger partial charge in [-0.3, -0.25) is 9.59 Å². The molecule has 2 aliphatic rings. The summed E-state index contributed by atoms with van der Waals surface area (Å²) in [6.45, 7) is 3.63. The van der Waals surface area contributed by atoms with Gasteiger partial charge in [0.15, 0.2) is 0 Å². The maximum Gasteiger partial charge on any atom is 0.275 e. The Morgan fingerprint density at radius 3 is 2.88 bits per heavy atom. The summed E-state index contributed by atoms with van der Waals surface area (Å²) >= 11 is 1.63. The van der Waals surface area contributed by atoms with Crippen LogP contribution in [-0.4, -0.2) is 61.8 Å². The summed E-state index contributed by atoms with van der Waals surface area (Å²) in [5.74, 6) is 1.16. The summed E-state index contributed by atoms with van der Waals surface area (Å²) in [5, 5.41) is 0. The number of imidazole rings is 1. The number of carbonyl (C=O) groups is 2. The van der Waals surface area contributed by atoms with E-state index in [4.69, 9.17) is 0 Å². The normalized spacial score (nSPS) is 21.0. The van der Waals surface area contributed by atoms with Gasteiger partial charge in [0.05, 0.1) is 5.88 Å². The van der Waals surface area contributed by atoms with E-state index in [1.54, 1.807) is 22.9 Å². The molecule has 0 N–H and O–H groups in total. The first-order chi connectivity index (χ1) is 11.6. The second-order valence-corrected chi connectivity index (χ2v) is 7.42. The number of aromatic nitrogens is 2. The van der Waals surface area contributed by atoms with Gasteiger partial charge in [-0.15, -0.1) is 11.8 Å². The van der Waals surface area contributed by atoms with Gasteiger partial charge >= 0.3 is 0 Å². The minimum atomic E-state index is -0.354. The third-order valence-electron chi connectivity index (χ3n) is 4.68. The van der Waals surface area contributed by atoms with Crippen molar-refractivity contribution in [3.63, 3.8) is 0 Å². The highest BCUT2D eigenvalue weighted by Gasteiger charge is 2.38. The van der Waals surface area contributed by atoms with Crippen molar-refractivity contribution >= 4 is 29.2 Å². The van der Waals surface area contributed by atoms with Gasteiger partial charge in [0, 0.05) is 31.2 Å². The fourth-order valence-electron chi connectivity index (χ4n) is 3.33. The number of pyridine rings is 1. The first kappa shape index (κ1) is 15.5. The zero-order chi connectivity index (χ0) is 16.7. The molecule has 2 saturated heterocycles.